The summed E-state index contributed by atoms with van der Waals surface area (Å²) in [6, 6.07) is 22.1. The first kappa shape index (κ1) is 19.1. The van der Waals surface area contributed by atoms with E-state index in [0.29, 0.717) is 13.2 Å². The van der Waals surface area contributed by atoms with Gasteiger partial charge < -0.3 is 14.7 Å². The Morgan fingerprint density at radius 2 is 1.61 bits per heavy atom. The number of aliphatic hydroxyl groups is 1. The van der Waals surface area contributed by atoms with Crippen molar-refractivity contribution >= 4 is 28.1 Å². The van der Waals surface area contributed by atoms with E-state index >= 15 is 0 Å². The van der Waals surface area contributed by atoms with Gasteiger partial charge in [-0.25, -0.2) is 0 Å². The highest BCUT2D eigenvalue weighted by Gasteiger charge is 2.21. The van der Waals surface area contributed by atoms with Gasteiger partial charge in [-0.2, -0.15) is 0 Å². The molecular formula is C23H25ClN2O2. The number of hydrogen-bond acceptors (Lipinski definition) is 4. The van der Waals surface area contributed by atoms with Crippen molar-refractivity contribution in [3.63, 3.8) is 0 Å². The number of β-amino-alcohol motifs (C(OH)–C–C–N with tert-alkyl or cyclic N) is 1. The van der Waals surface area contributed by atoms with E-state index in [0.717, 1.165) is 53.4 Å². The van der Waals surface area contributed by atoms with E-state index in [2.05, 4.69) is 28.0 Å². The van der Waals surface area contributed by atoms with Crippen LogP contribution < -0.4 is 9.64 Å². The monoisotopic (exact) mass is 396 g/mol. The summed E-state index contributed by atoms with van der Waals surface area (Å²) in [6.45, 7) is 4.51. The maximum atomic E-state index is 10.5. The fourth-order valence-electron chi connectivity index (χ4n) is 3.74. The lowest BCUT2D eigenvalue weighted by Gasteiger charge is -2.37. The first-order valence-electron chi connectivity index (χ1n) is 9.71. The first-order chi connectivity index (χ1) is 13.7. The number of fused-ring (bicyclic) bond motifs is 1. The van der Waals surface area contributed by atoms with Crippen LogP contribution in [0.2, 0.25) is 5.02 Å². The zero-order valence-corrected chi connectivity index (χ0v) is 16.6. The average molecular weight is 397 g/mol. The van der Waals surface area contributed by atoms with Crippen LogP contribution in [0, 0.1) is 0 Å². The zero-order chi connectivity index (χ0) is 19.3. The minimum atomic E-state index is -0.522. The Hall–Kier alpha value is -2.27. The molecule has 1 fully saturated rings. The average Bonchev–Trinajstić information content (AvgIpc) is 2.73. The van der Waals surface area contributed by atoms with E-state index in [1.807, 2.05) is 48.5 Å². The van der Waals surface area contributed by atoms with E-state index in [4.69, 9.17) is 16.3 Å². The molecule has 0 bridgehead atoms. The number of piperazine rings is 1. The predicted molar refractivity (Wildman–Crippen MR) is 116 cm³/mol. The van der Waals surface area contributed by atoms with Gasteiger partial charge in [0.1, 0.15) is 18.5 Å². The molecule has 1 saturated heterocycles. The maximum absolute atomic E-state index is 10.5. The maximum Gasteiger partial charge on any atom is 0.127 e. The topological polar surface area (TPSA) is 35.9 Å². The molecule has 0 unspecified atom stereocenters. The van der Waals surface area contributed by atoms with Crippen LogP contribution in [-0.2, 0) is 0 Å². The summed E-state index contributed by atoms with van der Waals surface area (Å²) in [5, 5.41) is 13.5. The third kappa shape index (κ3) is 4.41. The lowest BCUT2D eigenvalue weighted by Crippen LogP contribution is -2.49. The number of ether oxygens (including phenoxy) is 1. The van der Waals surface area contributed by atoms with Gasteiger partial charge in [0, 0.05) is 38.1 Å². The number of rotatable bonds is 6. The molecule has 4 nitrogen and oxygen atoms in total. The number of hydrogen-bond donors (Lipinski definition) is 1. The summed E-state index contributed by atoms with van der Waals surface area (Å²) in [7, 11) is 0. The molecule has 0 spiro atoms. The fourth-order valence-corrected chi connectivity index (χ4v) is 3.99. The summed E-state index contributed by atoms with van der Waals surface area (Å²) in [5.41, 5.74) is 1.09. The van der Waals surface area contributed by atoms with Crippen LogP contribution >= 0.6 is 11.6 Å². The Labute approximate surface area is 170 Å². The smallest absolute Gasteiger partial charge is 0.127 e. The second kappa shape index (κ2) is 8.82. The molecule has 4 rings (SSSR count). The van der Waals surface area contributed by atoms with Gasteiger partial charge in [-0.1, -0.05) is 60.1 Å². The van der Waals surface area contributed by atoms with Crippen LogP contribution in [0.4, 0.5) is 5.69 Å². The number of anilines is 1. The van der Waals surface area contributed by atoms with Crippen LogP contribution in [0.1, 0.15) is 0 Å². The van der Waals surface area contributed by atoms with E-state index in [-0.39, 0.29) is 0 Å². The van der Waals surface area contributed by atoms with Crippen molar-refractivity contribution in [3.05, 3.63) is 71.8 Å². The first-order valence-corrected chi connectivity index (χ1v) is 10.1. The molecular weight excluding hydrogens is 372 g/mol. The highest BCUT2D eigenvalue weighted by Crippen LogP contribution is 2.27. The molecule has 0 saturated carbocycles. The number of aliphatic hydroxyl groups excluding tert-OH is 1. The molecule has 1 heterocycles. The third-order valence-electron chi connectivity index (χ3n) is 5.22. The summed E-state index contributed by atoms with van der Waals surface area (Å²) in [6.07, 6.45) is -0.522. The molecule has 28 heavy (non-hydrogen) atoms. The molecule has 1 N–H and O–H groups in total. The van der Waals surface area contributed by atoms with Crippen molar-refractivity contribution < 1.29 is 9.84 Å². The highest BCUT2D eigenvalue weighted by molar-refractivity contribution is 6.33. The van der Waals surface area contributed by atoms with Crippen molar-refractivity contribution in [1.29, 1.82) is 0 Å². The van der Waals surface area contributed by atoms with Crippen molar-refractivity contribution in [2.75, 3.05) is 44.2 Å². The minimum absolute atomic E-state index is 0.290. The summed E-state index contributed by atoms with van der Waals surface area (Å²) in [4.78, 5) is 4.59. The Morgan fingerprint density at radius 3 is 2.43 bits per heavy atom. The fraction of sp³-hybridized carbons (Fsp3) is 0.304. The summed E-state index contributed by atoms with van der Waals surface area (Å²) >= 11 is 6.31. The predicted octanol–water partition coefficient (Wildman–Crippen LogP) is 4.06. The van der Waals surface area contributed by atoms with E-state index < -0.39 is 6.10 Å². The summed E-state index contributed by atoms with van der Waals surface area (Å²) < 4.78 is 5.92. The van der Waals surface area contributed by atoms with Gasteiger partial charge in [-0.15, -0.1) is 0 Å². The molecule has 1 aliphatic heterocycles. The standard InChI is InChI=1S/C23H25ClN2O2/c24-21-9-3-4-10-22(21)26-14-12-25(13-15-26)16-19(27)17-28-23-11-5-7-18-6-1-2-8-20(18)23/h1-11,19,27H,12-17H2/t19-/m1/s1. The summed E-state index contributed by atoms with van der Waals surface area (Å²) in [5.74, 6) is 0.820. The van der Waals surface area contributed by atoms with Gasteiger partial charge in [0.15, 0.2) is 0 Å². The molecule has 0 amide bonds. The van der Waals surface area contributed by atoms with E-state index in [9.17, 15) is 5.11 Å². The molecule has 0 aliphatic carbocycles. The third-order valence-corrected chi connectivity index (χ3v) is 5.53. The molecule has 0 aromatic heterocycles. The second-order valence-electron chi connectivity index (χ2n) is 7.18. The largest absolute Gasteiger partial charge is 0.490 e. The van der Waals surface area contributed by atoms with Gasteiger partial charge in [-0.3, -0.25) is 4.90 Å². The molecule has 5 heteroatoms. The van der Waals surface area contributed by atoms with Crippen molar-refractivity contribution in [1.82, 2.24) is 4.90 Å². The molecule has 3 aromatic carbocycles. The molecule has 0 radical (unpaired) electrons. The lowest BCUT2D eigenvalue weighted by molar-refractivity contribution is 0.0668. The van der Waals surface area contributed by atoms with Crippen molar-refractivity contribution in [2.45, 2.75) is 6.10 Å². The van der Waals surface area contributed by atoms with Crippen LogP contribution in [0.25, 0.3) is 10.8 Å². The molecule has 1 atom stereocenters. The van der Waals surface area contributed by atoms with Gasteiger partial charge >= 0.3 is 0 Å². The van der Waals surface area contributed by atoms with Crippen molar-refractivity contribution in [2.24, 2.45) is 0 Å². The van der Waals surface area contributed by atoms with Crippen LogP contribution in [0.5, 0.6) is 5.75 Å². The Balaban J connectivity index is 1.28. The zero-order valence-electron chi connectivity index (χ0n) is 15.8. The van der Waals surface area contributed by atoms with Gasteiger partial charge in [0.05, 0.1) is 10.7 Å². The quantitative estimate of drug-likeness (QED) is 0.681. The number of halogens is 1. The lowest BCUT2D eigenvalue weighted by atomic mass is 10.1. The van der Waals surface area contributed by atoms with Gasteiger partial charge in [0.2, 0.25) is 0 Å². The van der Waals surface area contributed by atoms with Crippen LogP contribution in [0.3, 0.4) is 0 Å². The molecule has 3 aromatic rings. The molecule has 1 aliphatic rings. The van der Waals surface area contributed by atoms with Crippen molar-refractivity contribution in [3.8, 4) is 5.75 Å². The number of benzene rings is 3. The SMILES string of the molecule is O[C@@H](COc1cccc2ccccc12)CN1CCN(c2ccccc2Cl)CC1. The Kier molecular flexibility index (Phi) is 6.01. The molecule has 146 valence electrons. The minimum Gasteiger partial charge on any atom is -0.490 e. The highest BCUT2D eigenvalue weighted by atomic mass is 35.5. The number of para-hydroxylation sites is 1. The Bertz CT molecular complexity index is 920. The van der Waals surface area contributed by atoms with Crippen LogP contribution in [0.15, 0.2) is 66.7 Å². The van der Waals surface area contributed by atoms with Gasteiger partial charge in [0.25, 0.3) is 0 Å². The van der Waals surface area contributed by atoms with Crippen LogP contribution in [-0.4, -0.2) is 55.4 Å². The van der Waals surface area contributed by atoms with E-state index in [1.165, 1.54) is 0 Å². The van der Waals surface area contributed by atoms with Gasteiger partial charge in [-0.05, 0) is 23.6 Å². The van der Waals surface area contributed by atoms with E-state index in [1.54, 1.807) is 0 Å². The Morgan fingerprint density at radius 1 is 0.893 bits per heavy atom. The normalized spacial score (nSPS) is 16.3. The number of nitrogens with zero attached hydrogens (tertiary/aromatic N) is 2. The second-order valence-corrected chi connectivity index (χ2v) is 7.59.